The lowest BCUT2D eigenvalue weighted by molar-refractivity contribution is -0.123. The quantitative estimate of drug-likeness (QED) is 0.884. The lowest BCUT2D eigenvalue weighted by Gasteiger charge is -2.08. The van der Waals surface area contributed by atoms with Crippen LogP contribution >= 0.6 is 11.6 Å². The number of benzene rings is 2. The smallest absolute Gasteiger partial charge is 0.257 e. The Labute approximate surface area is 131 Å². The van der Waals surface area contributed by atoms with Crippen molar-refractivity contribution in [1.29, 1.82) is 0 Å². The third-order valence-corrected chi connectivity index (χ3v) is 3.20. The molecular formula is C16H14ClF2NO2. The van der Waals surface area contributed by atoms with Gasteiger partial charge in [-0.2, -0.15) is 0 Å². The summed E-state index contributed by atoms with van der Waals surface area (Å²) in [5.41, 5.74) is 0.924. The summed E-state index contributed by atoms with van der Waals surface area (Å²) < 4.78 is 30.9. The molecule has 0 unspecified atom stereocenters. The van der Waals surface area contributed by atoms with E-state index in [0.717, 1.165) is 5.56 Å². The highest BCUT2D eigenvalue weighted by atomic mass is 35.5. The molecule has 2 aromatic rings. The van der Waals surface area contributed by atoms with Gasteiger partial charge in [-0.1, -0.05) is 23.7 Å². The van der Waals surface area contributed by atoms with Crippen molar-refractivity contribution in [2.45, 2.75) is 6.42 Å². The predicted octanol–water partition coefficient (Wildman–Crippen LogP) is 3.36. The third kappa shape index (κ3) is 5.00. The molecule has 1 N–H and O–H groups in total. The van der Waals surface area contributed by atoms with E-state index in [9.17, 15) is 13.6 Å². The van der Waals surface area contributed by atoms with Crippen LogP contribution in [0.5, 0.6) is 5.75 Å². The summed E-state index contributed by atoms with van der Waals surface area (Å²) in [6, 6.07) is 9.95. The molecule has 0 atom stereocenters. The van der Waals surface area contributed by atoms with Gasteiger partial charge in [0.1, 0.15) is 17.4 Å². The Kier molecular flexibility index (Phi) is 5.72. The van der Waals surface area contributed by atoms with Gasteiger partial charge in [0.15, 0.2) is 6.61 Å². The molecule has 0 aliphatic rings. The van der Waals surface area contributed by atoms with E-state index in [1.165, 1.54) is 30.3 Å². The van der Waals surface area contributed by atoms with Crippen molar-refractivity contribution >= 4 is 17.5 Å². The number of amides is 1. The van der Waals surface area contributed by atoms with Gasteiger partial charge in [-0.3, -0.25) is 4.79 Å². The maximum atomic E-state index is 13.0. The Morgan fingerprint density at radius 3 is 2.55 bits per heavy atom. The molecule has 1 amide bonds. The second kappa shape index (κ2) is 7.75. The minimum Gasteiger partial charge on any atom is -0.484 e. The van der Waals surface area contributed by atoms with Gasteiger partial charge >= 0.3 is 0 Å². The molecule has 0 bridgehead atoms. The average Bonchev–Trinajstić information content (AvgIpc) is 2.50. The zero-order valence-corrected chi connectivity index (χ0v) is 12.4. The maximum absolute atomic E-state index is 13.0. The number of hydrogen-bond donors (Lipinski definition) is 1. The number of halogens is 3. The Hall–Kier alpha value is -2.14. The summed E-state index contributed by atoms with van der Waals surface area (Å²) in [5.74, 6) is -0.820. The zero-order chi connectivity index (χ0) is 15.9. The predicted molar refractivity (Wildman–Crippen MR) is 80.0 cm³/mol. The molecule has 0 heterocycles. The molecule has 22 heavy (non-hydrogen) atoms. The van der Waals surface area contributed by atoms with Crippen molar-refractivity contribution in [1.82, 2.24) is 5.32 Å². The van der Waals surface area contributed by atoms with E-state index < -0.39 is 5.82 Å². The van der Waals surface area contributed by atoms with E-state index in [1.54, 1.807) is 12.1 Å². The van der Waals surface area contributed by atoms with Crippen LogP contribution in [0.4, 0.5) is 8.78 Å². The van der Waals surface area contributed by atoms with Gasteiger partial charge < -0.3 is 10.1 Å². The van der Waals surface area contributed by atoms with Crippen molar-refractivity contribution < 1.29 is 18.3 Å². The molecule has 2 rings (SSSR count). The molecule has 6 heteroatoms. The van der Waals surface area contributed by atoms with E-state index in [-0.39, 0.29) is 23.4 Å². The van der Waals surface area contributed by atoms with E-state index in [2.05, 4.69) is 5.32 Å². The van der Waals surface area contributed by atoms with Crippen molar-refractivity contribution in [3.05, 3.63) is 64.7 Å². The Morgan fingerprint density at radius 1 is 1.14 bits per heavy atom. The lowest BCUT2D eigenvalue weighted by Crippen LogP contribution is -2.30. The van der Waals surface area contributed by atoms with Gasteiger partial charge in [0.25, 0.3) is 5.91 Å². The van der Waals surface area contributed by atoms with Crippen LogP contribution < -0.4 is 10.1 Å². The molecule has 0 fully saturated rings. The molecule has 0 saturated heterocycles. The van der Waals surface area contributed by atoms with Gasteiger partial charge in [-0.15, -0.1) is 0 Å². The first-order chi connectivity index (χ1) is 10.5. The van der Waals surface area contributed by atoms with Crippen LogP contribution in [0.1, 0.15) is 5.56 Å². The number of nitrogens with one attached hydrogen (secondary N) is 1. The second-order valence-corrected chi connectivity index (χ2v) is 5.00. The number of carbonyl (C=O) groups is 1. The number of ether oxygens (including phenoxy) is 1. The first-order valence-corrected chi connectivity index (χ1v) is 7.01. The molecule has 0 aromatic heterocycles. The average molecular weight is 326 g/mol. The van der Waals surface area contributed by atoms with Crippen molar-refractivity contribution in [3.8, 4) is 5.75 Å². The highest BCUT2D eigenvalue weighted by Crippen LogP contribution is 2.20. The van der Waals surface area contributed by atoms with Crippen molar-refractivity contribution in [2.24, 2.45) is 0 Å². The van der Waals surface area contributed by atoms with Crippen molar-refractivity contribution in [2.75, 3.05) is 13.2 Å². The van der Waals surface area contributed by atoms with Crippen LogP contribution in [-0.4, -0.2) is 19.1 Å². The Bertz CT molecular complexity index is 647. The fourth-order valence-electron chi connectivity index (χ4n) is 1.76. The van der Waals surface area contributed by atoms with E-state index in [1.807, 2.05) is 0 Å². The largest absolute Gasteiger partial charge is 0.484 e. The number of hydrogen-bond acceptors (Lipinski definition) is 2. The van der Waals surface area contributed by atoms with Crippen LogP contribution in [0.2, 0.25) is 5.02 Å². The minimum atomic E-state index is -0.544. The summed E-state index contributed by atoms with van der Waals surface area (Å²) in [6.45, 7) is 0.226. The normalized spacial score (nSPS) is 10.3. The van der Waals surface area contributed by atoms with Crippen LogP contribution in [0.25, 0.3) is 0 Å². The molecule has 0 aliphatic carbocycles. The van der Waals surface area contributed by atoms with Gasteiger partial charge in [-0.05, 0) is 36.2 Å². The van der Waals surface area contributed by atoms with Gasteiger partial charge in [0.2, 0.25) is 0 Å². The maximum Gasteiger partial charge on any atom is 0.257 e. The molecule has 0 aliphatic heterocycles. The molecular weight excluding hydrogens is 312 g/mol. The Morgan fingerprint density at radius 2 is 1.86 bits per heavy atom. The second-order valence-electron chi connectivity index (χ2n) is 4.59. The lowest BCUT2D eigenvalue weighted by atomic mass is 10.1. The standard InChI is InChI=1S/C16H14ClF2NO2/c17-14-9-13(5-6-15(14)19)22-10-16(21)20-8-7-11-1-3-12(18)4-2-11/h1-6,9H,7-8,10H2,(H,20,21). The SMILES string of the molecule is O=C(COc1ccc(F)c(Cl)c1)NCCc1ccc(F)cc1. The molecule has 2 aromatic carbocycles. The highest BCUT2D eigenvalue weighted by Gasteiger charge is 2.05. The molecule has 0 saturated carbocycles. The summed E-state index contributed by atoms with van der Waals surface area (Å²) in [6.07, 6.45) is 0.592. The monoisotopic (exact) mass is 325 g/mol. The van der Waals surface area contributed by atoms with E-state index in [0.29, 0.717) is 18.7 Å². The van der Waals surface area contributed by atoms with Crippen molar-refractivity contribution in [3.63, 3.8) is 0 Å². The zero-order valence-electron chi connectivity index (χ0n) is 11.6. The first kappa shape index (κ1) is 16.2. The minimum absolute atomic E-state index is 0.0609. The topological polar surface area (TPSA) is 38.3 Å². The highest BCUT2D eigenvalue weighted by molar-refractivity contribution is 6.30. The van der Waals surface area contributed by atoms with Crippen LogP contribution in [-0.2, 0) is 11.2 Å². The van der Waals surface area contributed by atoms with Gasteiger partial charge in [0, 0.05) is 12.6 Å². The molecule has 116 valence electrons. The fraction of sp³-hybridized carbons (Fsp3) is 0.188. The number of rotatable bonds is 6. The van der Waals surface area contributed by atoms with E-state index in [4.69, 9.17) is 16.3 Å². The Balaban J connectivity index is 1.71. The van der Waals surface area contributed by atoms with Crippen LogP contribution in [0.15, 0.2) is 42.5 Å². The summed E-state index contributed by atoms with van der Waals surface area (Å²) >= 11 is 5.61. The third-order valence-electron chi connectivity index (χ3n) is 2.91. The molecule has 3 nitrogen and oxygen atoms in total. The van der Waals surface area contributed by atoms with Gasteiger partial charge in [-0.25, -0.2) is 8.78 Å². The number of carbonyl (C=O) groups excluding carboxylic acids is 1. The summed E-state index contributed by atoms with van der Waals surface area (Å²) in [7, 11) is 0. The molecule has 0 radical (unpaired) electrons. The first-order valence-electron chi connectivity index (χ1n) is 6.63. The van der Waals surface area contributed by atoms with Crippen LogP contribution in [0.3, 0.4) is 0 Å². The summed E-state index contributed by atoms with van der Waals surface area (Å²) in [5, 5.41) is 2.62. The van der Waals surface area contributed by atoms with Gasteiger partial charge in [0.05, 0.1) is 5.02 Å². The summed E-state index contributed by atoms with van der Waals surface area (Å²) in [4.78, 5) is 11.6. The molecule has 0 spiro atoms. The van der Waals surface area contributed by atoms with Crippen LogP contribution in [0, 0.1) is 11.6 Å². The fourth-order valence-corrected chi connectivity index (χ4v) is 1.93. The van der Waals surface area contributed by atoms with E-state index >= 15 is 0 Å².